The minimum absolute atomic E-state index is 0.0174. The third-order valence-electron chi connectivity index (χ3n) is 4.42. The summed E-state index contributed by atoms with van der Waals surface area (Å²) in [6.07, 6.45) is 2.25. The van der Waals surface area contributed by atoms with Gasteiger partial charge in [0.05, 0.1) is 15.7 Å². The number of carbonyl (C=O) groups excluding carboxylic acids is 2. The summed E-state index contributed by atoms with van der Waals surface area (Å²) < 4.78 is 28.4. The van der Waals surface area contributed by atoms with Crippen LogP contribution in [0.25, 0.3) is 11.4 Å². The maximum atomic E-state index is 12.4. The van der Waals surface area contributed by atoms with Gasteiger partial charge in [0, 0.05) is 36.9 Å². The van der Waals surface area contributed by atoms with Gasteiger partial charge in [0.15, 0.2) is 11.0 Å². The Bertz CT molecular complexity index is 1480. The fourth-order valence-electron chi connectivity index (χ4n) is 2.69. The molecule has 4 N–H and O–H groups in total. The summed E-state index contributed by atoms with van der Waals surface area (Å²) in [6, 6.07) is 12.9. The average Bonchev–Trinajstić information content (AvgIpc) is 3.53. The molecule has 0 aliphatic carbocycles. The van der Waals surface area contributed by atoms with E-state index in [1.165, 1.54) is 51.4 Å². The Morgan fingerprint density at radius 3 is 2.47 bits per heavy atom. The monoisotopic (exact) mass is 594 g/mol. The fraction of sp³-hybridized carbons (Fsp3) is 0.136. The normalized spacial score (nSPS) is 10.7. The Labute approximate surface area is 232 Å². The molecule has 0 saturated carbocycles. The fourth-order valence-corrected chi connectivity index (χ4v) is 5.36. The molecule has 0 aliphatic rings. The second-order valence-electron chi connectivity index (χ2n) is 7.53. The van der Waals surface area contributed by atoms with E-state index >= 15 is 0 Å². The van der Waals surface area contributed by atoms with E-state index in [0.29, 0.717) is 27.3 Å². The first-order valence-electron chi connectivity index (χ1n) is 10.6. The second-order valence-corrected chi connectivity index (χ2v) is 11.5. The SMILES string of the molecule is CN(C)C=O.Nn1c(SCC(=O)Nc2ccc(S(=O)(=O)Nc3nccs3)cc2)nnc1-c1ccccc1Cl. The van der Waals surface area contributed by atoms with E-state index < -0.39 is 10.0 Å². The number of thiazole rings is 1. The highest BCUT2D eigenvalue weighted by Crippen LogP contribution is 2.27. The standard InChI is InChI=1S/C19H16ClN7O3S3.C3H7NO/c20-15-4-2-1-3-14(15)17-24-25-19(27(17)21)32-11-16(28)23-12-5-7-13(8-6-12)33(29,30)26-18-22-9-10-31-18;1-4(2)3-5/h1-10H,11,21H2,(H,22,26)(H,23,28);3H,1-2H3. The predicted octanol–water partition coefficient (Wildman–Crippen LogP) is 3.00. The van der Waals surface area contributed by atoms with Crippen molar-refractivity contribution in [2.24, 2.45) is 0 Å². The molecule has 0 radical (unpaired) electrons. The van der Waals surface area contributed by atoms with Crippen molar-refractivity contribution in [2.45, 2.75) is 10.1 Å². The molecular formula is C22H23ClN8O4S3. The quantitative estimate of drug-likeness (QED) is 0.150. The van der Waals surface area contributed by atoms with E-state index in [1.807, 2.05) is 6.07 Å². The number of hydrogen-bond donors (Lipinski definition) is 3. The first-order chi connectivity index (χ1) is 18.1. The lowest BCUT2D eigenvalue weighted by Crippen LogP contribution is -2.17. The van der Waals surface area contributed by atoms with E-state index in [0.717, 1.165) is 18.2 Å². The highest BCUT2D eigenvalue weighted by Gasteiger charge is 2.17. The largest absolute Gasteiger partial charge is 0.351 e. The lowest BCUT2D eigenvalue weighted by molar-refractivity contribution is -0.116. The molecular weight excluding hydrogens is 572 g/mol. The number of carbonyl (C=O) groups is 2. The number of amides is 2. The van der Waals surface area contributed by atoms with Crippen LogP contribution in [0.1, 0.15) is 0 Å². The molecule has 4 aromatic rings. The summed E-state index contributed by atoms with van der Waals surface area (Å²) in [4.78, 5) is 27.2. The molecule has 4 rings (SSSR count). The van der Waals surface area contributed by atoms with Crippen LogP contribution in [0.5, 0.6) is 0 Å². The van der Waals surface area contributed by atoms with Crippen LogP contribution < -0.4 is 15.9 Å². The molecule has 0 bridgehead atoms. The molecule has 12 nitrogen and oxygen atoms in total. The number of nitrogens with two attached hydrogens (primary N) is 1. The Morgan fingerprint density at radius 1 is 1.18 bits per heavy atom. The molecule has 38 heavy (non-hydrogen) atoms. The zero-order valence-corrected chi connectivity index (χ0v) is 23.3. The molecule has 0 unspecified atom stereocenters. The van der Waals surface area contributed by atoms with Crippen molar-refractivity contribution >= 4 is 67.9 Å². The van der Waals surface area contributed by atoms with E-state index in [9.17, 15) is 18.0 Å². The van der Waals surface area contributed by atoms with Crippen molar-refractivity contribution in [2.75, 3.05) is 35.7 Å². The van der Waals surface area contributed by atoms with Crippen molar-refractivity contribution in [3.05, 3.63) is 65.1 Å². The summed E-state index contributed by atoms with van der Waals surface area (Å²) >= 11 is 8.46. The third-order valence-corrected chi connectivity index (χ3v) is 7.87. The molecule has 2 heterocycles. The summed E-state index contributed by atoms with van der Waals surface area (Å²) in [5, 5.41) is 13.5. The number of halogens is 1. The number of anilines is 2. The van der Waals surface area contributed by atoms with Gasteiger partial charge in [-0.3, -0.25) is 14.3 Å². The Kier molecular flexibility index (Phi) is 10.1. The van der Waals surface area contributed by atoms with Crippen molar-refractivity contribution in [1.82, 2.24) is 24.8 Å². The molecule has 2 aromatic heterocycles. The van der Waals surface area contributed by atoms with Gasteiger partial charge in [-0.2, -0.15) is 0 Å². The molecule has 0 aliphatic heterocycles. The molecule has 0 fully saturated rings. The lowest BCUT2D eigenvalue weighted by atomic mass is 10.2. The van der Waals surface area contributed by atoms with Gasteiger partial charge in [-0.1, -0.05) is 35.5 Å². The maximum absolute atomic E-state index is 12.4. The van der Waals surface area contributed by atoms with E-state index in [4.69, 9.17) is 17.4 Å². The van der Waals surface area contributed by atoms with Gasteiger partial charge in [0.25, 0.3) is 10.0 Å². The zero-order valence-electron chi connectivity index (χ0n) is 20.1. The number of nitrogens with one attached hydrogen (secondary N) is 2. The first-order valence-corrected chi connectivity index (χ1v) is 14.4. The minimum Gasteiger partial charge on any atom is -0.351 e. The topological polar surface area (TPSA) is 165 Å². The average molecular weight is 595 g/mol. The summed E-state index contributed by atoms with van der Waals surface area (Å²) in [6.45, 7) is 0. The van der Waals surface area contributed by atoms with Crippen LogP contribution in [0.2, 0.25) is 5.02 Å². The summed E-state index contributed by atoms with van der Waals surface area (Å²) in [5.74, 6) is 6.14. The predicted molar refractivity (Wildman–Crippen MR) is 149 cm³/mol. The molecule has 0 spiro atoms. The van der Waals surface area contributed by atoms with E-state index in [-0.39, 0.29) is 21.7 Å². The van der Waals surface area contributed by atoms with Crippen LogP contribution in [0, 0.1) is 0 Å². The third kappa shape index (κ3) is 7.92. The molecule has 200 valence electrons. The molecule has 2 aromatic carbocycles. The van der Waals surface area contributed by atoms with Crippen molar-refractivity contribution in [3.8, 4) is 11.4 Å². The first kappa shape index (κ1) is 28.9. The van der Waals surface area contributed by atoms with Gasteiger partial charge in [0.1, 0.15) is 0 Å². The molecule has 2 amide bonds. The van der Waals surface area contributed by atoms with Crippen LogP contribution in [0.15, 0.2) is 70.2 Å². The van der Waals surface area contributed by atoms with Gasteiger partial charge in [-0.05, 0) is 36.4 Å². The Hall–Kier alpha value is -3.66. The van der Waals surface area contributed by atoms with Gasteiger partial charge in [-0.15, -0.1) is 21.5 Å². The minimum atomic E-state index is -3.76. The number of sulfonamides is 1. The number of nitrogen functional groups attached to an aromatic ring is 1. The summed E-state index contributed by atoms with van der Waals surface area (Å²) in [5.41, 5.74) is 1.07. The van der Waals surface area contributed by atoms with Gasteiger partial charge in [0.2, 0.25) is 17.5 Å². The van der Waals surface area contributed by atoms with Crippen molar-refractivity contribution in [1.29, 1.82) is 0 Å². The van der Waals surface area contributed by atoms with Gasteiger partial charge >= 0.3 is 0 Å². The van der Waals surface area contributed by atoms with Crippen molar-refractivity contribution < 1.29 is 18.0 Å². The Balaban J connectivity index is 0.000000732. The number of hydrogen-bond acceptors (Lipinski definition) is 10. The van der Waals surface area contributed by atoms with Gasteiger partial charge in [-0.25, -0.2) is 18.1 Å². The van der Waals surface area contributed by atoms with Crippen molar-refractivity contribution in [3.63, 3.8) is 0 Å². The molecule has 0 atom stereocenters. The van der Waals surface area contributed by atoms with Crippen LogP contribution >= 0.6 is 34.7 Å². The highest BCUT2D eigenvalue weighted by atomic mass is 35.5. The number of benzene rings is 2. The maximum Gasteiger partial charge on any atom is 0.263 e. The molecule has 0 saturated heterocycles. The van der Waals surface area contributed by atoms with E-state index in [2.05, 4.69) is 25.2 Å². The Morgan fingerprint density at radius 2 is 1.87 bits per heavy atom. The smallest absolute Gasteiger partial charge is 0.263 e. The van der Waals surface area contributed by atoms with E-state index in [1.54, 1.807) is 37.7 Å². The lowest BCUT2D eigenvalue weighted by Gasteiger charge is -2.08. The second kappa shape index (κ2) is 13.2. The number of thioether (sulfide) groups is 1. The van der Waals surface area contributed by atoms with Crippen LogP contribution in [0.4, 0.5) is 10.8 Å². The van der Waals surface area contributed by atoms with Crippen LogP contribution in [-0.2, 0) is 19.6 Å². The van der Waals surface area contributed by atoms with Crippen LogP contribution in [-0.4, -0.2) is 65.3 Å². The highest BCUT2D eigenvalue weighted by molar-refractivity contribution is 7.99. The number of nitrogens with zero attached hydrogens (tertiary/aromatic N) is 5. The molecule has 16 heteroatoms. The van der Waals surface area contributed by atoms with Gasteiger partial charge < -0.3 is 16.1 Å². The van der Waals surface area contributed by atoms with Crippen LogP contribution in [0.3, 0.4) is 0 Å². The zero-order chi connectivity index (χ0) is 27.7. The number of aromatic nitrogens is 4. The summed E-state index contributed by atoms with van der Waals surface area (Å²) in [7, 11) is -0.388. The number of rotatable bonds is 9.